The number of carbonyl (C=O) groups excluding carboxylic acids is 3. The zero-order valence-corrected chi connectivity index (χ0v) is 23.0. The van der Waals surface area contributed by atoms with E-state index < -0.39 is 0 Å². The molecule has 40 heavy (non-hydrogen) atoms. The van der Waals surface area contributed by atoms with E-state index >= 15 is 0 Å². The van der Waals surface area contributed by atoms with E-state index in [-0.39, 0.29) is 35.0 Å². The summed E-state index contributed by atoms with van der Waals surface area (Å²) in [4.78, 5) is 46.1. The van der Waals surface area contributed by atoms with Gasteiger partial charge in [0.25, 0.3) is 0 Å². The molecule has 3 aromatic rings. The van der Waals surface area contributed by atoms with Crippen LogP contribution >= 0.6 is 0 Å². The average molecular weight is 541 g/mol. The number of rotatable bonds is 5. The van der Waals surface area contributed by atoms with Crippen molar-refractivity contribution in [2.75, 3.05) is 31.5 Å². The highest BCUT2D eigenvalue weighted by Crippen LogP contribution is 2.52. The average Bonchev–Trinajstić information content (AvgIpc) is 3.61. The van der Waals surface area contributed by atoms with Gasteiger partial charge in [-0.15, -0.1) is 0 Å². The zero-order valence-electron chi connectivity index (χ0n) is 23.0. The number of anilines is 1. The number of hydrogen-bond acceptors (Lipinski definition) is 5. The summed E-state index contributed by atoms with van der Waals surface area (Å²) in [6.45, 7) is 4.43. The smallest absolute Gasteiger partial charge is 0.225 e. The number of likely N-dealkylation sites (tertiary alicyclic amines) is 2. The van der Waals surface area contributed by atoms with Crippen molar-refractivity contribution in [1.82, 2.24) is 14.8 Å². The summed E-state index contributed by atoms with van der Waals surface area (Å²) in [5.41, 5.74) is 4.22. The Kier molecular flexibility index (Phi) is 7.17. The fourth-order valence-electron chi connectivity index (χ4n) is 7.08. The molecule has 3 aliphatic rings. The van der Waals surface area contributed by atoms with E-state index in [4.69, 9.17) is 4.42 Å². The molecule has 1 N–H and O–H groups in total. The Bertz CT molecular complexity index is 1390. The summed E-state index contributed by atoms with van der Waals surface area (Å²) in [7, 11) is 0. The predicted molar refractivity (Wildman–Crippen MR) is 151 cm³/mol. The maximum Gasteiger partial charge on any atom is 0.225 e. The lowest BCUT2D eigenvalue weighted by molar-refractivity contribution is -0.141. The van der Waals surface area contributed by atoms with Crippen molar-refractivity contribution < 1.29 is 18.8 Å². The number of aromatic nitrogens is 1. The first kappa shape index (κ1) is 26.3. The second-order valence-corrected chi connectivity index (χ2v) is 11.6. The van der Waals surface area contributed by atoms with Gasteiger partial charge in [-0.1, -0.05) is 36.4 Å². The summed E-state index contributed by atoms with van der Waals surface area (Å²) in [6, 6.07) is 16.2. The van der Waals surface area contributed by atoms with Gasteiger partial charge < -0.3 is 19.5 Å². The Morgan fingerprint density at radius 1 is 1.00 bits per heavy atom. The fraction of sp³-hybridized carbons (Fsp3) is 0.438. The number of oxazole rings is 1. The van der Waals surface area contributed by atoms with Crippen molar-refractivity contribution in [2.45, 2.75) is 56.8 Å². The van der Waals surface area contributed by atoms with Gasteiger partial charge in [0.2, 0.25) is 17.7 Å². The molecule has 0 saturated carbocycles. The molecule has 8 heteroatoms. The van der Waals surface area contributed by atoms with Crippen molar-refractivity contribution in [2.24, 2.45) is 5.92 Å². The molecule has 208 valence electrons. The summed E-state index contributed by atoms with van der Waals surface area (Å²) in [5, 5.41) is 3.08. The maximum atomic E-state index is 13.3. The van der Waals surface area contributed by atoms with Gasteiger partial charge in [-0.25, -0.2) is 4.98 Å². The summed E-state index contributed by atoms with van der Waals surface area (Å²) < 4.78 is 5.40. The SMILES string of the molecule is CC(=O)N1CCC(C(=O)N2CCC3(CC2)CC(CC(=O)Nc2cccc(-c4cnco4)c2)c2ccccc23)CC1. The Hall–Kier alpha value is -3.94. The molecule has 8 nitrogen and oxygen atoms in total. The van der Waals surface area contributed by atoms with Gasteiger partial charge in [-0.05, 0) is 66.7 Å². The summed E-state index contributed by atoms with van der Waals surface area (Å²) in [5.74, 6) is 1.15. The molecule has 2 aromatic carbocycles. The largest absolute Gasteiger partial charge is 0.444 e. The van der Waals surface area contributed by atoms with Gasteiger partial charge >= 0.3 is 0 Å². The molecular weight excluding hydrogens is 504 g/mol. The van der Waals surface area contributed by atoms with Gasteiger partial charge in [-0.2, -0.15) is 0 Å². The van der Waals surface area contributed by atoms with Crippen LogP contribution < -0.4 is 5.32 Å². The fourth-order valence-corrected chi connectivity index (χ4v) is 7.08. The van der Waals surface area contributed by atoms with Crippen LogP contribution in [0.1, 0.15) is 62.5 Å². The first-order valence-electron chi connectivity index (χ1n) is 14.3. The molecule has 2 aliphatic heterocycles. The summed E-state index contributed by atoms with van der Waals surface area (Å²) >= 11 is 0. The van der Waals surface area contributed by atoms with Crippen LogP contribution in [-0.2, 0) is 19.8 Å². The Morgan fingerprint density at radius 3 is 2.50 bits per heavy atom. The van der Waals surface area contributed by atoms with E-state index in [9.17, 15) is 14.4 Å². The lowest BCUT2D eigenvalue weighted by Crippen LogP contribution is -2.48. The molecule has 3 heterocycles. The minimum Gasteiger partial charge on any atom is -0.444 e. The van der Waals surface area contributed by atoms with Gasteiger partial charge in [0.05, 0.1) is 6.20 Å². The quantitative estimate of drug-likeness (QED) is 0.493. The highest BCUT2D eigenvalue weighted by atomic mass is 16.3. The molecule has 1 unspecified atom stereocenters. The lowest BCUT2D eigenvalue weighted by atomic mass is 9.73. The predicted octanol–water partition coefficient (Wildman–Crippen LogP) is 4.98. The first-order valence-corrected chi connectivity index (χ1v) is 14.3. The van der Waals surface area contributed by atoms with Crippen LogP contribution in [0, 0.1) is 5.92 Å². The third-order valence-electron chi connectivity index (χ3n) is 9.23. The molecule has 1 aliphatic carbocycles. The highest BCUT2D eigenvalue weighted by molar-refractivity contribution is 5.92. The monoisotopic (exact) mass is 540 g/mol. The minimum absolute atomic E-state index is 0.00250. The molecule has 1 atom stereocenters. The zero-order chi connectivity index (χ0) is 27.7. The van der Waals surface area contributed by atoms with Crippen molar-refractivity contribution in [3.63, 3.8) is 0 Å². The van der Waals surface area contributed by atoms with Gasteiger partial charge in [0, 0.05) is 56.7 Å². The molecule has 2 saturated heterocycles. The van der Waals surface area contributed by atoms with E-state index in [1.807, 2.05) is 34.1 Å². The number of piperidine rings is 2. The number of hydrogen-bond donors (Lipinski definition) is 1. The second-order valence-electron chi connectivity index (χ2n) is 11.6. The van der Waals surface area contributed by atoms with E-state index in [0.29, 0.717) is 25.3 Å². The number of fused-ring (bicyclic) bond motifs is 2. The number of benzene rings is 2. The van der Waals surface area contributed by atoms with Crippen molar-refractivity contribution in [3.05, 3.63) is 72.2 Å². The molecule has 1 spiro atoms. The first-order chi connectivity index (χ1) is 19.4. The number of nitrogens with zero attached hydrogens (tertiary/aromatic N) is 3. The second kappa shape index (κ2) is 10.9. The topological polar surface area (TPSA) is 95.8 Å². The molecular formula is C32H36N4O4. The van der Waals surface area contributed by atoms with E-state index in [1.54, 1.807) is 13.1 Å². The van der Waals surface area contributed by atoms with Crippen LogP contribution in [0.15, 0.2) is 65.5 Å². The van der Waals surface area contributed by atoms with E-state index in [1.165, 1.54) is 17.5 Å². The van der Waals surface area contributed by atoms with Crippen molar-refractivity contribution >= 4 is 23.4 Å². The van der Waals surface area contributed by atoms with Gasteiger partial charge in [0.15, 0.2) is 12.2 Å². The lowest BCUT2D eigenvalue weighted by Gasteiger charge is -2.42. The van der Waals surface area contributed by atoms with Crippen LogP contribution in [0.5, 0.6) is 0 Å². The van der Waals surface area contributed by atoms with Gasteiger partial charge in [-0.3, -0.25) is 14.4 Å². The van der Waals surface area contributed by atoms with Crippen molar-refractivity contribution in [3.8, 4) is 11.3 Å². The standard InChI is InChI=1S/C32H36N4O4/c1-22(37)35-13-9-23(10-14-35)31(39)36-15-11-32(12-16-36)19-25(27-7-2-3-8-28(27)32)18-30(38)34-26-6-4-5-24(17-26)29-20-33-21-40-29/h2-8,17,20-21,23,25H,9-16,18-19H2,1H3,(H,34,38). The van der Waals surface area contributed by atoms with Crippen molar-refractivity contribution in [1.29, 1.82) is 0 Å². The van der Waals surface area contributed by atoms with E-state index in [2.05, 4.69) is 34.6 Å². The number of nitrogens with one attached hydrogen (secondary N) is 1. The molecule has 2 fully saturated rings. The number of amides is 3. The highest BCUT2D eigenvalue weighted by Gasteiger charge is 2.46. The minimum atomic E-state index is -0.00362. The van der Waals surface area contributed by atoms with Crippen LogP contribution in [0.25, 0.3) is 11.3 Å². The van der Waals surface area contributed by atoms with Crippen LogP contribution in [0.4, 0.5) is 5.69 Å². The molecule has 3 amide bonds. The molecule has 0 radical (unpaired) electrons. The Balaban J connectivity index is 1.09. The number of carbonyl (C=O) groups is 3. The third kappa shape index (κ3) is 5.15. The van der Waals surface area contributed by atoms with Crippen LogP contribution in [-0.4, -0.2) is 58.7 Å². The molecule has 6 rings (SSSR count). The normalized spacial score (nSPS) is 20.4. The van der Waals surface area contributed by atoms with E-state index in [0.717, 1.165) is 56.4 Å². The molecule has 1 aromatic heterocycles. The van der Waals surface area contributed by atoms with Gasteiger partial charge in [0.1, 0.15) is 0 Å². The Labute approximate surface area is 234 Å². The third-order valence-corrected chi connectivity index (χ3v) is 9.23. The Morgan fingerprint density at radius 2 is 1.77 bits per heavy atom. The molecule has 0 bridgehead atoms. The van der Waals surface area contributed by atoms with Crippen LogP contribution in [0.3, 0.4) is 0 Å². The maximum absolute atomic E-state index is 13.3. The summed E-state index contributed by atoms with van der Waals surface area (Å²) in [6.07, 6.45) is 7.74. The van der Waals surface area contributed by atoms with Crippen LogP contribution in [0.2, 0.25) is 0 Å².